The minimum atomic E-state index is -0.524. The number of allylic oxidation sites excluding steroid dienone is 1. The largest absolute Gasteiger partial charge is 0.468 e. The third kappa shape index (κ3) is 2.91. The highest BCUT2D eigenvalue weighted by atomic mass is 16.5. The van der Waals surface area contributed by atoms with Gasteiger partial charge in [-0.1, -0.05) is 6.08 Å². The third-order valence-electron chi connectivity index (χ3n) is 3.01. The molecule has 15 heavy (non-hydrogen) atoms. The van der Waals surface area contributed by atoms with Crippen molar-refractivity contribution in [1.29, 1.82) is 0 Å². The van der Waals surface area contributed by atoms with Crippen molar-refractivity contribution >= 4 is 11.8 Å². The van der Waals surface area contributed by atoms with Crippen molar-refractivity contribution in [3.8, 4) is 0 Å². The SMILES string of the molecule is C=CCCC1CCCC(=O)C1C(=O)OC. The molecule has 0 aromatic heterocycles. The van der Waals surface area contributed by atoms with Crippen molar-refractivity contribution in [2.75, 3.05) is 7.11 Å². The number of ketones is 1. The van der Waals surface area contributed by atoms with E-state index in [4.69, 9.17) is 0 Å². The predicted octanol–water partition coefficient (Wildman–Crippen LogP) is 2.11. The van der Waals surface area contributed by atoms with Crippen molar-refractivity contribution in [2.45, 2.75) is 32.1 Å². The molecule has 0 amide bonds. The summed E-state index contributed by atoms with van der Waals surface area (Å²) in [5.74, 6) is -0.698. The van der Waals surface area contributed by atoms with E-state index in [1.54, 1.807) is 0 Å². The Morgan fingerprint density at radius 3 is 3.00 bits per heavy atom. The minimum absolute atomic E-state index is 0.0437. The lowest BCUT2D eigenvalue weighted by atomic mass is 9.76. The van der Waals surface area contributed by atoms with Crippen molar-refractivity contribution in [3.63, 3.8) is 0 Å². The van der Waals surface area contributed by atoms with Gasteiger partial charge in [-0.05, 0) is 31.6 Å². The normalized spacial score (nSPS) is 26.1. The van der Waals surface area contributed by atoms with Gasteiger partial charge in [0.2, 0.25) is 0 Å². The Hall–Kier alpha value is -1.12. The molecule has 0 aromatic rings. The van der Waals surface area contributed by atoms with Crippen LogP contribution in [0.25, 0.3) is 0 Å². The molecule has 0 radical (unpaired) electrons. The molecule has 1 aliphatic rings. The first-order chi connectivity index (χ1) is 7.20. The highest BCUT2D eigenvalue weighted by Gasteiger charge is 2.37. The van der Waals surface area contributed by atoms with Crippen LogP contribution in [0.5, 0.6) is 0 Å². The van der Waals surface area contributed by atoms with E-state index >= 15 is 0 Å². The van der Waals surface area contributed by atoms with Crippen LogP contribution in [-0.4, -0.2) is 18.9 Å². The van der Waals surface area contributed by atoms with Crippen molar-refractivity contribution < 1.29 is 14.3 Å². The van der Waals surface area contributed by atoms with Crippen LogP contribution >= 0.6 is 0 Å². The second-order valence-electron chi connectivity index (χ2n) is 3.99. The average Bonchev–Trinajstić information content (AvgIpc) is 2.25. The molecule has 1 saturated carbocycles. The van der Waals surface area contributed by atoms with Gasteiger partial charge in [-0.3, -0.25) is 9.59 Å². The first-order valence-corrected chi connectivity index (χ1v) is 5.42. The average molecular weight is 210 g/mol. The third-order valence-corrected chi connectivity index (χ3v) is 3.01. The fourth-order valence-corrected chi connectivity index (χ4v) is 2.22. The fraction of sp³-hybridized carbons (Fsp3) is 0.667. The highest BCUT2D eigenvalue weighted by Crippen LogP contribution is 2.31. The number of carbonyl (C=O) groups is 2. The quantitative estimate of drug-likeness (QED) is 0.405. The summed E-state index contributed by atoms with van der Waals surface area (Å²) in [6.07, 6.45) is 5.89. The molecule has 3 heteroatoms. The Bertz CT molecular complexity index is 250. The maximum Gasteiger partial charge on any atom is 0.316 e. The van der Waals surface area contributed by atoms with E-state index in [1.165, 1.54) is 7.11 Å². The molecule has 0 aromatic carbocycles. The Balaban J connectivity index is 2.68. The smallest absolute Gasteiger partial charge is 0.316 e. The van der Waals surface area contributed by atoms with E-state index in [-0.39, 0.29) is 17.7 Å². The number of ether oxygens (including phenoxy) is 1. The number of carbonyl (C=O) groups excluding carboxylic acids is 2. The monoisotopic (exact) mass is 210 g/mol. The summed E-state index contributed by atoms with van der Waals surface area (Å²) in [6, 6.07) is 0. The molecule has 2 unspecified atom stereocenters. The van der Waals surface area contributed by atoms with Gasteiger partial charge in [-0.2, -0.15) is 0 Å². The summed E-state index contributed by atoms with van der Waals surface area (Å²) in [4.78, 5) is 23.1. The second-order valence-corrected chi connectivity index (χ2v) is 3.99. The van der Waals surface area contributed by atoms with Crippen LogP contribution in [-0.2, 0) is 14.3 Å². The summed E-state index contributed by atoms with van der Waals surface area (Å²) in [7, 11) is 1.34. The van der Waals surface area contributed by atoms with Gasteiger partial charge in [0.25, 0.3) is 0 Å². The molecule has 0 heterocycles. The maximum atomic E-state index is 11.6. The van der Waals surface area contributed by atoms with Gasteiger partial charge in [0.15, 0.2) is 0 Å². The molecule has 1 aliphatic carbocycles. The van der Waals surface area contributed by atoms with E-state index in [2.05, 4.69) is 11.3 Å². The molecule has 0 saturated heterocycles. The number of hydrogen-bond donors (Lipinski definition) is 0. The number of rotatable bonds is 4. The van der Waals surface area contributed by atoms with E-state index in [0.29, 0.717) is 6.42 Å². The summed E-state index contributed by atoms with van der Waals surface area (Å²) >= 11 is 0. The van der Waals surface area contributed by atoms with E-state index < -0.39 is 5.92 Å². The highest BCUT2D eigenvalue weighted by molar-refractivity contribution is 5.99. The van der Waals surface area contributed by atoms with Crippen LogP contribution in [0.3, 0.4) is 0 Å². The molecular weight excluding hydrogens is 192 g/mol. The van der Waals surface area contributed by atoms with Gasteiger partial charge in [0.1, 0.15) is 11.7 Å². The number of hydrogen-bond acceptors (Lipinski definition) is 3. The van der Waals surface area contributed by atoms with Crippen LogP contribution in [0.4, 0.5) is 0 Å². The molecule has 1 fully saturated rings. The zero-order valence-electron chi connectivity index (χ0n) is 9.20. The van der Waals surface area contributed by atoms with Crippen LogP contribution in [0, 0.1) is 11.8 Å². The van der Waals surface area contributed by atoms with Crippen LogP contribution in [0.2, 0.25) is 0 Å². The zero-order valence-corrected chi connectivity index (χ0v) is 9.20. The summed E-state index contributed by atoms with van der Waals surface area (Å²) in [5, 5.41) is 0. The van der Waals surface area contributed by atoms with Gasteiger partial charge in [0, 0.05) is 6.42 Å². The molecule has 0 aliphatic heterocycles. The van der Waals surface area contributed by atoms with Crippen LogP contribution in [0.15, 0.2) is 12.7 Å². The van der Waals surface area contributed by atoms with Gasteiger partial charge in [-0.15, -0.1) is 6.58 Å². The first kappa shape index (κ1) is 12.0. The summed E-state index contributed by atoms with van der Waals surface area (Å²) in [6.45, 7) is 3.65. The number of esters is 1. The maximum absolute atomic E-state index is 11.6. The van der Waals surface area contributed by atoms with Crippen LogP contribution < -0.4 is 0 Å². The molecule has 2 atom stereocenters. The van der Waals surface area contributed by atoms with Gasteiger partial charge in [0.05, 0.1) is 7.11 Å². The zero-order chi connectivity index (χ0) is 11.3. The van der Waals surface area contributed by atoms with E-state index in [9.17, 15) is 9.59 Å². The predicted molar refractivity (Wildman–Crippen MR) is 57.3 cm³/mol. The molecule has 0 spiro atoms. The van der Waals surface area contributed by atoms with Crippen molar-refractivity contribution in [3.05, 3.63) is 12.7 Å². The lowest BCUT2D eigenvalue weighted by Crippen LogP contribution is -2.35. The lowest BCUT2D eigenvalue weighted by molar-refractivity contribution is -0.153. The summed E-state index contributed by atoms with van der Waals surface area (Å²) < 4.78 is 4.68. The molecule has 0 N–H and O–H groups in total. The molecule has 1 rings (SSSR count). The Labute approximate surface area is 90.5 Å². The van der Waals surface area contributed by atoms with Gasteiger partial charge >= 0.3 is 5.97 Å². The Morgan fingerprint density at radius 2 is 2.40 bits per heavy atom. The molecule has 0 bridgehead atoms. The lowest BCUT2D eigenvalue weighted by Gasteiger charge is -2.27. The number of Topliss-reactive ketones (excluding diaryl/α,β-unsaturated/α-hetero) is 1. The summed E-state index contributed by atoms with van der Waals surface area (Å²) in [5.41, 5.74) is 0. The molecular formula is C12H18O3. The van der Waals surface area contributed by atoms with E-state index in [1.807, 2.05) is 6.08 Å². The van der Waals surface area contributed by atoms with Crippen molar-refractivity contribution in [1.82, 2.24) is 0 Å². The van der Waals surface area contributed by atoms with Crippen LogP contribution in [0.1, 0.15) is 32.1 Å². The minimum Gasteiger partial charge on any atom is -0.468 e. The Kier molecular flexibility index (Phi) is 4.53. The molecule has 84 valence electrons. The van der Waals surface area contributed by atoms with Crippen molar-refractivity contribution in [2.24, 2.45) is 11.8 Å². The first-order valence-electron chi connectivity index (χ1n) is 5.42. The van der Waals surface area contributed by atoms with Gasteiger partial charge < -0.3 is 4.74 Å². The van der Waals surface area contributed by atoms with E-state index in [0.717, 1.165) is 25.7 Å². The topological polar surface area (TPSA) is 43.4 Å². The standard InChI is InChI=1S/C12H18O3/c1-3-4-6-9-7-5-8-10(13)11(9)12(14)15-2/h3,9,11H,1,4-8H2,2H3. The molecule has 3 nitrogen and oxygen atoms in total. The number of methoxy groups -OCH3 is 1. The Morgan fingerprint density at radius 1 is 1.67 bits per heavy atom. The second kappa shape index (κ2) is 5.69. The fourth-order valence-electron chi connectivity index (χ4n) is 2.22. The van der Waals surface area contributed by atoms with Gasteiger partial charge in [-0.25, -0.2) is 0 Å².